The van der Waals surface area contributed by atoms with Crippen LogP contribution in [-0.4, -0.2) is 15.0 Å². The summed E-state index contributed by atoms with van der Waals surface area (Å²) < 4.78 is 6.36. The van der Waals surface area contributed by atoms with Gasteiger partial charge in [-0.15, -0.1) is 0 Å². The number of furan rings is 1. The summed E-state index contributed by atoms with van der Waals surface area (Å²) in [4.78, 5) is 18.7. The van der Waals surface area contributed by atoms with Gasteiger partial charge in [-0.05, 0) is 93.4 Å². The molecule has 0 N–H and O–H groups in total. The van der Waals surface area contributed by atoms with Crippen molar-refractivity contribution in [1.82, 2.24) is 15.0 Å². The molecular formula is C60H35N3OS. The van der Waals surface area contributed by atoms with E-state index >= 15 is 0 Å². The highest BCUT2D eigenvalue weighted by Crippen LogP contribution is 2.63. The maximum atomic E-state index is 6.36. The largest absolute Gasteiger partial charge is 0.456 e. The molecule has 12 aromatic rings. The molecular weight excluding hydrogens is 811 g/mol. The number of para-hydroxylation sites is 1. The molecule has 1 spiro atoms. The van der Waals surface area contributed by atoms with Gasteiger partial charge in [0.25, 0.3) is 0 Å². The molecule has 0 unspecified atom stereocenters. The van der Waals surface area contributed by atoms with Crippen LogP contribution in [0.15, 0.2) is 227 Å². The van der Waals surface area contributed by atoms with Crippen LogP contribution in [0.4, 0.5) is 0 Å². The molecule has 0 atom stereocenters. The van der Waals surface area contributed by atoms with Crippen LogP contribution in [0.1, 0.15) is 22.3 Å². The molecule has 9 aromatic carbocycles. The van der Waals surface area contributed by atoms with Crippen LogP contribution in [0.2, 0.25) is 0 Å². The number of hydrogen-bond donors (Lipinski definition) is 0. The zero-order valence-electron chi connectivity index (χ0n) is 34.9. The Morgan fingerprint density at radius 1 is 0.369 bits per heavy atom. The second kappa shape index (κ2) is 13.9. The van der Waals surface area contributed by atoms with Crippen molar-refractivity contribution < 1.29 is 4.42 Å². The molecule has 0 radical (unpaired) electrons. The van der Waals surface area contributed by atoms with Gasteiger partial charge in [0.15, 0.2) is 5.82 Å². The van der Waals surface area contributed by atoms with Crippen molar-refractivity contribution in [2.24, 2.45) is 0 Å². The summed E-state index contributed by atoms with van der Waals surface area (Å²) in [5.41, 5.74) is 16.5. The minimum absolute atomic E-state index is 0.511. The molecule has 0 fully saturated rings. The van der Waals surface area contributed by atoms with E-state index in [4.69, 9.17) is 19.4 Å². The second-order valence-electron chi connectivity index (χ2n) is 17.0. The van der Waals surface area contributed by atoms with Crippen molar-refractivity contribution in [3.05, 3.63) is 235 Å². The van der Waals surface area contributed by atoms with Gasteiger partial charge in [0, 0.05) is 53.6 Å². The average Bonchev–Trinajstić information content (AvgIpc) is 3.89. The molecule has 4 nitrogen and oxygen atoms in total. The average molecular weight is 846 g/mol. The lowest BCUT2D eigenvalue weighted by atomic mass is 9.67. The van der Waals surface area contributed by atoms with Gasteiger partial charge in [-0.1, -0.05) is 169 Å². The Morgan fingerprint density at radius 3 is 1.82 bits per heavy atom. The molecule has 0 saturated heterocycles. The smallest absolute Gasteiger partial charge is 0.160 e. The first-order valence-electron chi connectivity index (χ1n) is 22.0. The van der Waals surface area contributed by atoms with Crippen LogP contribution in [0.25, 0.3) is 99.9 Å². The summed E-state index contributed by atoms with van der Waals surface area (Å²) in [6, 6.07) is 76.1. The van der Waals surface area contributed by atoms with Crippen molar-refractivity contribution in [2.75, 3.05) is 0 Å². The molecule has 3 aromatic heterocycles. The summed E-state index contributed by atoms with van der Waals surface area (Å²) >= 11 is 1.87. The second-order valence-corrected chi connectivity index (χ2v) is 18.1. The van der Waals surface area contributed by atoms with E-state index in [1.54, 1.807) is 0 Å². The summed E-state index contributed by atoms with van der Waals surface area (Å²) in [7, 11) is 0. The van der Waals surface area contributed by atoms with Crippen molar-refractivity contribution >= 4 is 55.4 Å². The summed E-state index contributed by atoms with van der Waals surface area (Å²) in [6.45, 7) is 0. The molecule has 0 bridgehead atoms. The van der Waals surface area contributed by atoms with Crippen LogP contribution in [0.5, 0.6) is 0 Å². The Hall–Kier alpha value is -8.12. The van der Waals surface area contributed by atoms with Gasteiger partial charge in [0.05, 0.1) is 28.0 Å². The van der Waals surface area contributed by atoms with Gasteiger partial charge in [0.1, 0.15) is 11.2 Å². The number of benzene rings is 9. The highest BCUT2D eigenvalue weighted by molar-refractivity contribution is 7.99. The Morgan fingerprint density at radius 2 is 1.02 bits per heavy atom. The summed E-state index contributed by atoms with van der Waals surface area (Å²) in [5.74, 6) is 0.662. The zero-order chi connectivity index (χ0) is 42.6. The van der Waals surface area contributed by atoms with Gasteiger partial charge < -0.3 is 4.42 Å². The molecule has 1 aliphatic carbocycles. The standard InChI is InChI=1S/C60H35N3OS/c1-3-16-36(17-4-1)58-45-33-43-39-20-7-9-23-46(39)60(47-24-10-13-28-55(47)65-56-29-14-11-25-48(56)60)49(43)34-42(45)44-32-38(30-31-50(44)61-58)51-35-52(63-59(62-51)37-18-5-2-6-19-37)40-22-15-27-54-57(40)41-21-8-12-26-53(41)64-54/h1-35H. The fourth-order valence-electron chi connectivity index (χ4n) is 10.8. The van der Waals surface area contributed by atoms with Crippen LogP contribution in [0.3, 0.4) is 0 Å². The van der Waals surface area contributed by atoms with Crippen LogP contribution >= 0.6 is 11.8 Å². The third kappa shape index (κ3) is 5.30. The minimum Gasteiger partial charge on any atom is -0.456 e. The molecule has 0 amide bonds. The van der Waals surface area contributed by atoms with E-state index in [1.165, 1.54) is 43.2 Å². The lowest BCUT2D eigenvalue weighted by Gasteiger charge is -2.39. The Bertz CT molecular complexity index is 3890. The fourth-order valence-corrected chi connectivity index (χ4v) is 12.0. The fraction of sp³-hybridized carbons (Fsp3) is 0.0167. The number of fused-ring (bicyclic) bond motifs is 15. The number of pyridine rings is 1. The van der Waals surface area contributed by atoms with Gasteiger partial charge >= 0.3 is 0 Å². The Kier molecular flexibility index (Phi) is 7.80. The predicted octanol–water partition coefficient (Wildman–Crippen LogP) is 15.6. The van der Waals surface area contributed by atoms with E-state index in [-0.39, 0.29) is 0 Å². The lowest BCUT2D eigenvalue weighted by Crippen LogP contribution is -2.31. The van der Waals surface area contributed by atoms with E-state index in [1.807, 2.05) is 54.2 Å². The van der Waals surface area contributed by atoms with E-state index < -0.39 is 5.41 Å². The van der Waals surface area contributed by atoms with Crippen molar-refractivity contribution in [1.29, 1.82) is 0 Å². The third-order valence-electron chi connectivity index (χ3n) is 13.5. The third-order valence-corrected chi connectivity index (χ3v) is 14.7. The van der Waals surface area contributed by atoms with Crippen LogP contribution < -0.4 is 0 Å². The van der Waals surface area contributed by atoms with E-state index in [0.717, 1.165) is 82.9 Å². The van der Waals surface area contributed by atoms with E-state index in [0.29, 0.717) is 5.82 Å². The van der Waals surface area contributed by atoms with Crippen molar-refractivity contribution in [3.8, 4) is 56.3 Å². The molecule has 0 saturated carbocycles. The molecule has 302 valence electrons. The van der Waals surface area contributed by atoms with E-state index in [9.17, 15) is 0 Å². The minimum atomic E-state index is -0.511. The topological polar surface area (TPSA) is 51.8 Å². The number of hydrogen-bond acceptors (Lipinski definition) is 5. The predicted molar refractivity (Wildman–Crippen MR) is 265 cm³/mol. The quantitative estimate of drug-likeness (QED) is 0.165. The Balaban J connectivity index is 1.06. The maximum Gasteiger partial charge on any atom is 0.160 e. The summed E-state index contributed by atoms with van der Waals surface area (Å²) in [5, 5.41) is 5.45. The molecule has 4 heterocycles. The zero-order valence-corrected chi connectivity index (χ0v) is 35.7. The van der Waals surface area contributed by atoms with Gasteiger partial charge in [0.2, 0.25) is 0 Å². The lowest BCUT2D eigenvalue weighted by molar-refractivity contribution is 0.669. The monoisotopic (exact) mass is 845 g/mol. The maximum absolute atomic E-state index is 6.36. The molecule has 1 aliphatic heterocycles. The highest BCUT2D eigenvalue weighted by atomic mass is 32.2. The number of nitrogens with zero attached hydrogens (tertiary/aromatic N) is 3. The molecule has 65 heavy (non-hydrogen) atoms. The van der Waals surface area contributed by atoms with Crippen molar-refractivity contribution in [3.63, 3.8) is 0 Å². The number of aromatic nitrogens is 3. The normalized spacial score (nSPS) is 13.3. The van der Waals surface area contributed by atoms with Gasteiger partial charge in [-0.25, -0.2) is 15.0 Å². The van der Waals surface area contributed by atoms with E-state index in [2.05, 4.69) is 170 Å². The molecule has 2 aliphatic rings. The SMILES string of the molecule is c1ccc(-c2nc(-c3ccc4nc(-c5ccccc5)c5cc6c(cc5c4c3)C3(c4ccccc4Sc4ccccc43)c3ccccc3-6)cc(-c3cccc4oc5ccccc5c34)n2)cc1. The van der Waals surface area contributed by atoms with Gasteiger partial charge in [-0.2, -0.15) is 0 Å². The van der Waals surface area contributed by atoms with Gasteiger partial charge in [-0.3, -0.25) is 0 Å². The van der Waals surface area contributed by atoms with Crippen LogP contribution in [-0.2, 0) is 5.41 Å². The molecule has 5 heteroatoms. The highest BCUT2D eigenvalue weighted by Gasteiger charge is 2.50. The number of rotatable bonds is 4. The first-order chi connectivity index (χ1) is 32.2. The molecule has 14 rings (SSSR count). The van der Waals surface area contributed by atoms with Crippen LogP contribution in [0, 0.1) is 0 Å². The Labute approximate surface area is 378 Å². The first kappa shape index (κ1) is 36.4. The summed E-state index contributed by atoms with van der Waals surface area (Å²) in [6.07, 6.45) is 0. The van der Waals surface area contributed by atoms with Crippen molar-refractivity contribution in [2.45, 2.75) is 15.2 Å². The first-order valence-corrected chi connectivity index (χ1v) is 22.8.